The van der Waals surface area contributed by atoms with Crippen LogP contribution in [0, 0.1) is 0 Å². The fourth-order valence-electron chi connectivity index (χ4n) is 0.333. The maximum Gasteiger partial charge on any atom is 0.0951 e. The van der Waals surface area contributed by atoms with Gasteiger partial charge in [0.15, 0.2) is 0 Å². The van der Waals surface area contributed by atoms with E-state index in [1.807, 2.05) is 0 Å². The highest BCUT2D eigenvalue weighted by atomic mass is 32.4. The SMILES string of the molecule is CCS[SiH](C)C. The average molecular weight is 120 g/mol. The maximum atomic E-state index is 2.36. The second kappa shape index (κ2) is 3.75. The van der Waals surface area contributed by atoms with Crippen molar-refractivity contribution >= 4 is 19.2 Å². The third-order valence-corrected chi connectivity index (χ3v) is 4.50. The first kappa shape index (κ1) is 6.57. The average Bonchev–Trinajstić information content (AvgIpc) is 1.35. The van der Waals surface area contributed by atoms with E-state index in [-0.39, 0.29) is 7.95 Å². The van der Waals surface area contributed by atoms with Crippen molar-refractivity contribution in [2.45, 2.75) is 20.0 Å². The first-order valence-electron chi connectivity index (χ1n) is 2.39. The van der Waals surface area contributed by atoms with Crippen molar-refractivity contribution in [2.75, 3.05) is 5.75 Å². The molecule has 0 bridgehead atoms. The van der Waals surface area contributed by atoms with Gasteiger partial charge in [0.05, 0.1) is 7.95 Å². The van der Waals surface area contributed by atoms with Gasteiger partial charge in [-0.25, -0.2) is 0 Å². The first-order chi connectivity index (χ1) is 2.77. The molecule has 38 valence electrons. The van der Waals surface area contributed by atoms with E-state index in [2.05, 4.69) is 31.2 Å². The molecule has 0 aromatic carbocycles. The van der Waals surface area contributed by atoms with E-state index in [0.717, 1.165) is 0 Å². The van der Waals surface area contributed by atoms with Gasteiger partial charge in [-0.2, -0.15) is 11.2 Å². The quantitative estimate of drug-likeness (QED) is 0.500. The minimum Gasteiger partial charge on any atom is -0.190 e. The molecule has 0 saturated heterocycles. The van der Waals surface area contributed by atoms with Crippen LogP contribution in [-0.4, -0.2) is 13.7 Å². The second-order valence-corrected chi connectivity index (χ2v) is 8.34. The summed E-state index contributed by atoms with van der Waals surface area (Å²) in [6, 6.07) is 0. The highest BCUT2D eigenvalue weighted by molar-refractivity contribution is 8.25. The van der Waals surface area contributed by atoms with Crippen molar-refractivity contribution < 1.29 is 0 Å². The molecule has 0 aliphatic heterocycles. The number of rotatable bonds is 2. The molecule has 0 aliphatic rings. The van der Waals surface area contributed by atoms with Crippen LogP contribution < -0.4 is 0 Å². The molecule has 0 saturated carbocycles. The lowest BCUT2D eigenvalue weighted by Crippen LogP contribution is -1.90. The second-order valence-electron chi connectivity index (χ2n) is 1.50. The molecule has 0 N–H and O–H groups in total. The Labute approximate surface area is 45.6 Å². The Morgan fingerprint density at radius 1 is 1.50 bits per heavy atom. The van der Waals surface area contributed by atoms with Crippen LogP contribution >= 0.6 is 11.2 Å². The molecule has 0 aromatic rings. The van der Waals surface area contributed by atoms with Gasteiger partial charge in [-0.15, -0.1) is 0 Å². The molecule has 6 heavy (non-hydrogen) atoms. The molecule has 0 radical (unpaired) electrons. The van der Waals surface area contributed by atoms with Gasteiger partial charge in [-0.05, 0) is 5.75 Å². The van der Waals surface area contributed by atoms with Gasteiger partial charge < -0.3 is 0 Å². The summed E-state index contributed by atoms with van der Waals surface area (Å²) in [5, 5.41) is 0. The lowest BCUT2D eigenvalue weighted by molar-refractivity contribution is 1.54. The Morgan fingerprint density at radius 3 is 2.00 bits per heavy atom. The predicted octanol–water partition coefficient (Wildman–Crippen LogP) is 1.72. The summed E-state index contributed by atoms with van der Waals surface area (Å²) in [6.07, 6.45) is 0. The normalized spacial score (nSPS) is 10.0. The van der Waals surface area contributed by atoms with Gasteiger partial charge in [-0.3, -0.25) is 0 Å². The van der Waals surface area contributed by atoms with Crippen molar-refractivity contribution in [3.05, 3.63) is 0 Å². The van der Waals surface area contributed by atoms with Gasteiger partial charge in [0.25, 0.3) is 0 Å². The van der Waals surface area contributed by atoms with Crippen LogP contribution in [0.15, 0.2) is 0 Å². The predicted molar refractivity (Wildman–Crippen MR) is 37.0 cm³/mol. The highest BCUT2D eigenvalue weighted by Gasteiger charge is 1.88. The highest BCUT2D eigenvalue weighted by Crippen LogP contribution is 2.02. The van der Waals surface area contributed by atoms with Gasteiger partial charge in [0.1, 0.15) is 0 Å². The Balaban J connectivity index is 2.63. The molecule has 0 aliphatic carbocycles. The van der Waals surface area contributed by atoms with Crippen LogP contribution in [0.25, 0.3) is 0 Å². The molecule has 0 nitrogen and oxygen atoms in total. The van der Waals surface area contributed by atoms with E-state index in [4.69, 9.17) is 0 Å². The molecule has 0 atom stereocenters. The molecule has 0 spiro atoms. The molecule has 0 amide bonds. The van der Waals surface area contributed by atoms with Crippen molar-refractivity contribution in [3.8, 4) is 0 Å². The Bertz CT molecular complexity index is 28.7. The van der Waals surface area contributed by atoms with Gasteiger partial charge in [0.2, 0.25) is 0 Å². The lowest BCUT2D eigenvalue weighted by atomic mass is 11.0. The smallest absolute Gasteiger partial charge is 0.0951 e. The molecule has 0 heterocycles. The molecule has 0 aromatic heterocycles. The lowest BCUT2D eigenvalue weighted by Gasteiger charge is -1.94. The van der Waals surface area contributed by atoms with Gasteiger partial charge in [0, 0.05) is 0 Å². The van der Waals surface area contributed by atoms with E-state index in [9.17, 15) is 0 Å². The van der Waals surface area contributed by atoms with Crippen molar-refractivity contribution in [1.82, 2.24) is 0 Å². The van der Waals surface area contributed by atoms with Crippen molar-refractivity contribution in [1.29, 1.82) is 0 Å². The summed E-state index contributed by atoms with van der Waals surface area (Å²) < 4.78 is 0. The van der Waals surface area contributed by atoms with Crippen LogP contribution in [0.4, 0.5) is 0 Å². The Kier molecular flexibility index (Phi) is 4.10. The van der Waals surface area contributed by atoms with Crippen molar-refractivity contribution in [3.63, 3.8) is 0 Å². The zero-order valence-electron chi connectivity index (χ0n) is 4.69. The minimum atomic E-state index is -0.254. The van der Waals surface area contributed by atoms with Crippen LogP contribution in [-0.2, 0) is 0 Å². The standard InChI is InChI=1S/C4H12SSi/c1-4-5-6(2)3/h6H,4H2,1-3H3. The van der Waals surface area contributed by atoms with Gasteiger partial charge >= 0.3 is 0 Å². The zero-order valence-corrected chi connectivity index (χ0v) is 6.66. The summed E-state index contributed by atoms with van der Waals surface area (Å²) >= 11 is 2.12. The molecule has 0 rings (SSSR count). The zero-order chi connectivity index (χ0) is 4.99. The summed E-state index contributed by atoms with van der Waals surface area (Å²) in [4.78, 5) is 0. The molecule has 2 heteroatoms. The Hall–Kier alpha value is 0.567. The van der Waals surface area contributed by atoms with Crippen LogP contribution in [0.2, 0.25) is 13.1 Å². The van der Waals surface area contributed by atoms with Crippen LogP contribution in [0.1, 0.15) is 6.92 Å². The van der Waals surface area contributed by atoms with Crippen molar-refractivity contribution in [2.24, 2.45) is 0 Å². The minimum absolute atomic E-state index is 0.254. The third-order valence-electron chi connectivity index (χ3n) is 0.500. The summed E-state index contributed by atoms with van der Waals surface area (Å²) in [7, 11) is -0.254. The Morgan fingerprint density at radius 2 is 2.00 bits per heavy atom. The summed E-state index contributed by atoms with van der Waals surface area (Å²) in [5.41, 5.74) is 0. The number of hydrogen-bond donors (Lipinski definition) is 0. The van der Waals surface area contributed by atoms with Gasteiger partial charge in [-0.1, -0.05) is 20.0 Å². The van der Waals surface area contributed by atoms with E-state index in [1.54, 1.807) is 0 Å². The van der Waals surface area contributed by atoms with Crippen LogP contribution in [0.5, 0.6) is 0 Å². The maximum absolute atomic E-state index is 2.36. The molecule has 0 fully saturated rings. The monoisotopic (exact) mass is 120 g/mol. The van der Waals surface area contributed by atoms with E-state index >= 15 is 0 Å². The summed E-state index contributed by atoms with van der Waals surface area (Å²) in [5.74, 6) is 1.31. The third kappa shape index (κ3) is 4.57. The van der Waals surface area contributed by atoms with E-state index in [0.29, 0.717) is 0 Å². The van der Waals surface area contributed by atoms with Crippen LogP contribution in [0.3, 0.4) is 0 Å². The fourth-order valence-corrected chi connectivity index (χ4v) is 3.00. The largest absolute Gasteiger partial charge is 0.190 e. The molecular formula is C4H12SSi. The topological polar surface area (TPSA) is 0 Å². The molecule has 0 unspecified atom stereocenters. The first-order valence-corrected chi connectivity index (χ1v) is 7.16. The fraction of sp³-hybridized carbons (Fsp3) is 1.00. The van der Waals surface area contributed by atoms with E-state index in [1.165, 1.54) is 5.75 Å². The molecular weight excluding hydrogens is 108 g/mol. The number of hydrogen-bond acceptors (Lipinski definition) is 1. The van der Waals surface area contributed by atoms with E-state index < -0.39 is 0 Å². The summed E-state index contributed by atoms with van der Waals surface area (Å²) in [6.45, 7) is 6.93.